The van der Waals surface area contributed by atoms with Crippen molar-refractivity contribution < 1.29 is 9.53 Å². The standard InChI is InChI=1S/C16H17N3O2/c1-21-15-12(6-4-9-18-15)16(20)19-10-8-13(17)11-5-2-3-7-14(11)19/h2-7,9,13H,8,10,17H2,1H3. The molecule has 0 fully saturated rings. The minimum absolute atomic E-state index is 0.0268. The summed E-state index contributed by atoms with van der Waals surface area (Å²) in [5, 5.41) is 0. The van der Waals surface area contributed by atoms with E-state index >= 15 is 0 Å². The van der Waals surface area contributed by atoms with Crippen LogP contribution < -0.4 is 15.4 Å². The number of fused-ring (bicyclic) bond motifs is 1. The zero-order chi connectivity index (χ0) is 14.8. The lowest BCUT2D eigenvalue weighted by Crippen LogP contribution is -2.38. The molecule has 108 valence electrons. The van der Waals surface area contributed by atoms with Crippen LogP contribution in [0.1, 0.15) is 28.4 Å². The van der Waals surface area contributed by atoms with E-state index < -0.39 is 0 Å². The highest BCUT2D eigenvalue weighted by atomic mass is 16.5. The Morgan fingerprint density at radius 2 is 2.14 bits per heavy atom. The van der Waals surface area contributed by atoms with Gasteiger partial charge in [0.05, 0.1) is 7.11 Å². The fraction of sp³-hybridized carbons (Fsp3) is 0.250. The van der Waals surface area contributed by atoms with Crippen LogP contribution in [0.2, 0.25) is 0 Å². The summed E-state index contributed by atoms with van der Waals surface area (Å²) in [6.45, 7) is 0.592. The lowest BCUT2D eigenvalue weighted by molar-refractivity contribution is 0.0980. The summed E-state index contributed by atoms with van der Waals surface area (Å²) in [6.07, 6.45) is 2.35. The second-order valence-electron chi connectivity index (χ2n) is 4.97. The van der Waals surface area contributed by atoms with E-state index in [1.165, 1.54) is 7.11 Å². The molecule has 2 N–H and O–H groups in total. The molecule has 5 nitrogen and oxygen atoms in total. The normalized spacial score (nSPS) is 17.2. The molecule has 1 aliphatic heterocycles. The molecule has 5 heteroatoms. The fourth-order valence-electron chi connectivity index (χ4n) is 2.66. The molecule has 2 aromatic rings. The Kier molecular flexibility index (Phi) is 3.58. The summed E-state index contributed by atoms with van der Waals surface area (Å²) in [7, 11) is 1.51. The first-order chi connectivity index (χ1) is 10.2. The molecule has 0 spiro atoms. The molecule has 0 saturated heterocycles. The second kappa shape index (κ2) is 5.54. The van der Waals surface area contributed by atoms with Crippen LogP contribution in [0.3, 0.4) is 0 Å². The number of amides is 1. The number of methoxy groups -OCH3 is 1. The molecule has 1 unspecified atom stereocenters. The molecule has 0 radical (unpaired) electrons. The molecule has 1 aromatic heterocycles. The second-order valence-corrected chi connectivity index (χ2v) is 4.97. The Bertz CT molecular complexity index is 672. The maximum atomic E-state index is 12.8. The van der Waals surface area contributed by atoms with E-state index in [0.717, 1.165) is 17.7 Å². The molecule has 0 saturated carbocycles. The zero-order valence-corrected chi connectivity index (χ0v) is 11.8. The molecular weight excluding hydrogens is 266 g/mol. The van der Waals surface area contributed by atoms with Crippen molar-refractivity contribution >= 4 is 11.6 Å². The van der Waals surface area contributed by atoms with Gasteiger partial charge in [0, 0.05) is 24.5 Å². The lowest BCUT2D eigenvalue weighted by atomic mass is 9.96. The van der Waals surface area contributed by atoms with Gasteiger partial charge in [0.1, 0.15) is 5.56 Å². The van der Waals surface area contributed by atoms with Crippen LogP contribution in [0.5, 0.6) is 5.88 Å². The summed E-state index contributed by atoms with van der Waals surface area (Å²) in [4.78, 5) is 18.7. The number of pyridine rings is 1. The van der Waals surface area contributed by atoms with Gasteiger partial charge >= 0.3 is 0 Å². The molecule has 2 heterocycles. The van der Waals surface area contributed by atoms with Crippen LogP contribution in [-0.4, -0.2) is 24.5 Å². The van der Waals surface area contributed by atoms with Gasteiger partial charge in [0.25, 0.3) is 5.91 Å². The Labute approximate surface area is 123 Å². The number of hydrogen-bond acceptors (Lipinski definition) is 4. The van der Waals surface area contributed by atoms with E-state index in [4.69, 9.17) is 10.5 Å². The van der Waals surface area contributed by atoms with Crippen molar-refractivity contribution in [3.63, 3.8) is 0 Å². The van der Waals surface area contributed by atoms with Gasteiger partial charge in [0.15, 0.2) is 0 Å². The Hall–Kier alpha value is -2.40. The van der Waals surface area contributed by atoms with Gasteiger partial charge in [0.2, 0.25) is 5.88 Å². The number of rotatable bonds is 2. The van der Waals surface area contributed by atoms with Crippen molar-refractivity contribution in [2.45, 2.75) is 12.5 Å². The first-order valence-corrected chi connectivity index (χ1v) is 6.87. The minimum atomic E-state index is -0.112. The lowest BCUT2D eigenvalue weighted by Gasteiger charge is -2.32. The van der Waals surface area contributed by atoms with Crippen molar-refractivity contribution in [1.82, 2.24) is 4.98 Å². The number of carbonyl (C=O) groups is 1. The van der Waals surface area contributed by atoms with Gasteiger partial charge in [-0.05, 0) is 30.2 Å². The van der Waals surface area contributed by atoms with Gasteiger partial charge < -0.3 is 15.4 Å². The number of aromatic nitrogens is 1. The molecule has 21 heavy (non-hydrogen) atoms. The van der Waals surface area contributed by atoms with Crippen LogP contribution in [-0.2, 0) is 0 Å². The number of anilines is 1. The van der Waals surface area contributed by atoms with Crippen molar-refractivity contribution in [2.75, 3.05) is 18.6 Å². The van der Waals surface area contributed by atoms with E-state index in [1.807, 2.05) is 24.3 Å². The summed E-state index contributed by atoms with van der Waals surface area (Å²) >= 11 is 0. The van der Waals surface area contributed by atoms with E-state index in [0.29, 0.717) is 18.0 Å². The van der Waals surface area contributed by atoms with Gasteiger partial charge in [-0.2, -0.15) is 0 Å². The van der Waals surface area contributed by atoms with Crippen molar-refractivity contribution in [3.8, 4) is 5.88 Å². The Morgan fingerprint density at radius 1 is 1.33 bits per heavy atom. The monoisotopic (exact) mass is 283 g/mol. The van der Waals surface area contributed by atoms with Crippen molar-refractivity contribution in [1.29, 1.82) is 0 Å². The molecule has 0 bridgehead atoms. The number of carbonyl (C=O) groups excluding carboxylic acids is 1. The predicted molar refractivity (Wildman–Crippen MR) is 80.5 cm³/mol. The number of nitrogens with two attached hydrogens (primary N) is 1. The summed E-state index contributed by atoms with van der Waals surface area (Å²) in [5.41, 5.74) is 8.46. The first kappa shape index (κ1) is 13.6. The Balaban J connectivity index is 2.01. The zero-order valence-electron chi connectivity index (χ0n) is 11.8. The number of benzene rings is 1. The van der Waals surface area contributed by atoms with Crippen molar-refractivity contribution in [3.05, 3.63) is 53.7 Å². The number of nitrogens with zero attached hydrogens (tertiary/aromatic N) is 2. The third kappa shape index (κ3) is 2.36. The van der Waals surface area contributed by atoms with Gasteiger partial charge in [-0.3, -0.25) is 4.79 Å². The van der Waals surface area contributed by atoms with E-state index in [-0.39, 0.29) is 11.9 Å². The minimum Gasteiger partial charge on any atom is -0.480 e. The average Bonchev–Trinajstić information content (AvgIpc) is 2.55. The smallest absolute Gasteiger partial charge is 0.263 e. The maximum Gasteiger partial charge on any atom is 0.263 e. The van der Waals surface area contributed by atoms with Gasteiger partial charge in [-0.25, -0.2) is 4.98 Å². The topological polar surface area (TPSA) is 68.5 Å². The highest BCUT2D eigenvalue weighted by Crippen LogP contribution is 2.33. The third-order valence-electron chi connectivity index (χ3n) is 3.73. The fourth-order valence-corrected chi connectivity index (χ4v) is 2.66. The van der Waals surface area contributed by atoms with E-state index in [2.05, 4.69) is 4.98 Å². The van der Waals surface area contributed by atoms with Crippen LogP contribution in [0.4, 0.5) is 5.69 Å². The quantitative estimate of drug-likeness (QED) is 0.917. The van der Waals surface area contributed by atoms with Gasteiger partial charge in [-0.1, -0.05) is 18.2 Å². The number of ether oxygens (including phenoxy) is 1. The van der Waals surface area contributed by atoms with Crippen LogP contribution in [0, 0.1) is 0 Å². The molecular formula is C16H17N3O2. The van der Waals surface area contributed by atoms with Crippen molar-refractivity contribution in [2.24, 2.45) is 5.73 Å². The first-order valence-electron chi connectivity index (χ1n) is 6.87. The maximum absolute atomic E-state index is 12.8. The van der Waals surface area contributed by atoms with Crippen LogP contribution in [0.15, 0.2) is 42.6 Å². The molecule has 3 rings (SSSR count). The van der Waals surface area contributed by atoms with Gasteiger partial charge in [-0.15, -0.1) is 0 Å². The average molecular weight is 283 g/mol. The number of para-hydroxylation sites is 1. The van der Waals surface area contributed by atoms with Crippen LogP contribution >= 0.6 is 0 Å². The van der Waals surface area contributed by atoms with E-state index in [9.17, 15) is 4.79 Å². The largest absolute Gasteiger partial charge is 0.480 e. The van der Waals surface area contributed by atoms with E-state index in [1.54, 1.807) is 23.2 Å². The number of hydrogen-bond donors (Lipinski definition) is 1. The predicted octanol–water partition coefficient (Wildman–Crippen LogP) is 2.14. The summed E-state index contributed by atoms with van der Waals surface area (Å²) < 4.78 is 5.18. The molecule has 1 atom stereocenters. The van der Waals surface area contributed by atoms with Crippen LogP contribution in [0.25, 0.3) is 0 Å². The highest BCUT2D eigenvalue weighted by molar-refractivity contribution is 6.08. The highest BCUT2D eigenvalue weighted by Gasteiger charge is 2.28. The molecule has 1 amide bonds. The SMILES string of the molecule is COc1ncccc1C(=O)N1CCC(N)c2ccccc21. The molecule has 1 aromatic carbocycles. The molecule has 1 aliphatic rings. The molecule has 0 aliphatic carbocycles. The summed E-state index contributed by atoms with van der Waals surface area (Å²) in [6, 6.07) is 11.2. The summed E-state index contributed by atoms with van der Waals surface area (Å²) in [5.74, 6) is 0.231. The Morgan fingerprint density at radius 3 is 2.95 bits per heavy atom. The third-order valence-corrected chi connectivity index (χ3v) is 3.73.